The highest BCUT2D eigenvalue weighted by Gasteiger charge is 2.39. The van der Waals surface area contributed by atoms with Gasteiger partial charge in [0.1, 0.15) is 0 Å². The van der Waals surface area contributed by atoms with E-state index in [4.69, 9.17) is 0 Å². The van der Waals surface area contributed by atoms with Crippen molar-refractivity contribution in [1.29, 1.82) is 0 Å². The van der Waals surface area contributed by atoms with Gasteiger partial charge in [-0.05, 0) is 92.2 Å². The Morgan fingerprint density at radius 1 is 0.545 bits per heavy atom. The molecule has 1 nitrogen and oxygen atoms in total. The second kappa shape index (κ2) is 13.5. The number of benzene rings is 7. The first kappa shape index (κ1) is 32.6. The standard InChI is InChI=1S/C52H37NS2/c1-2-12-36(13-3-1)43-18-9-19-46-47-20-10-21-48(52(47)55-51(43)46)53(41-28-25-35(26-29-41)39-24-23-34-11-4-5-14-37(34)31-39)42-16-8-15-38(32-42)40-27-30-45-44-17-6-7-22-49(44)54-50(45)33-40/h1-23,25-33,39,48,52H,24H2/t39?,48-,52?/m1/s1. The highest BCUT2D eigenvalue weighted by molar-refractivity contribution is 8.01. The predicted octanol–water partition coefficient (Wildman–Crippen LogP) is 12.8. The van der Waals surface area contributed by atoms with Crippen LogP contribution in [0, 0.1) is 0 Å². The topological polar surface area (TPSA) is 3.24 Å². The van der Waals surface area contributed by atoms with Gasteiger partial charge in [0.05, 0.1) is 11.3 Å². The van der Waals surface area contributed by atoms with Crippen LogP contribution in [-0.2, 0) is 0 Å². The summed E-state index contributed by atoms with van der Waals surface area (Å²) < 4.78 is 2.67. The van der Waals surface area contributed by atoms with E-state index >= 15 is 0 Å². The van der Waals surface area contributed by atoms with Gasteiger partial charge in [-0.3, -0.25) is 0 Å². The maximum Gasteiger partial charge on any atom is 0.0688 e. The second-order valence-corrected chi connectivity index (χ2v) is 17.0. The van der Waals surface area contributed by atoms with Crippen molar-refractivity contribution < 1.29 is 0 Å². The molecule has 2 aliphatic carbocycles. The Labute approximate surface area is 329 Å². The van der Waals surface area contributed by atoms with Gasteiger partial charge < -0.3 is 4.90 Å². The van der Waals surface area contributed by atoms with Crippen LogP contribution < -0.4 is 15.3 Å². The zero-order chi connectivity index (χ0) is 36.3. The van der Waals surface area contributed by atoms with Crippen molar-refractivity contribution in [3.8, 4) is 22.3 Å². The molecule has 7 aromatic carbocycles. The summed E-state index contributed by atoms with van der Waals surface area (Å²) in [5, 5.41) is 5.57. The van der Waals surface area contributed by atoms with Gasteiger partial charge in [-0.2, -0.15) is 0 Å². The number of anilines is 2. The predicted molar refractivity (Wildman–Crippen MR) is 238 cm³/mol. The fraction of sp³-hybridized carbons (Fsp3) is 0.0769. The molecule has 3 heteroatoms. The van der Waals surface area contributed by atoms with Crippen molar-refractivity contribution in [2.24, 2.45) is 0 Å². The second-order valence-electron chi connectivity index (χ2n) is 14.7. The van der Waals surface area contributed by atoms with E-state index < -0.39 is 0 Å². The van der Waals surface area contributed by atoms with E-state index in [1.807, 2.05) is 23.1 Å². The third kappa shape index (κ3) is 5.69. The molecule has 1 aromatic heterocycles. The largest absolute Gasteiger partial charge is 0.333 e. The Kier molecular flexibility index (Phi) is 7.96. The number of thiophene rings is 1. The lowest BCUT2D eigenvalue weighted by Crippen LogP contribution is -2.38. The van der Waals surface area contributed by atoms with E-state index in [2.05, 4.69) is 199 Å². The molecular formula is C52H37NS2. The van der Waals surface area contributed by atoms with Crippen LogP contribution in [-0.4, -0.2) is 11.3 Å². The van der Waals surface area contributed by atoms with Crippen LogP contribution in [0.25, 0.3) is 60.2 Å². The molecule has 0 saturated carbocycles. The lowest BCUT2D eigenvalue weighted by atomic mass is 9.89. The molecule has 55 heavy (non-hydrogen) atoms. The highest BCUT2D eigenvalue weighted by atomic mass is 32.2. The third-order valence-electron chi connectivity index (χ3n) is 11.6. The summed E-state index contributed by atoms with van der Waals surface area (Å²) in [7, 11) is 0. The monoisotopic (exact) mass is 739 g/mol. The fourth-order valence-corrected chi connectivity index (χ4v) is 11.6. The molecule has 262 valence electrons. The van der Waals surface area contributed by atoms with E-state index in [0.717, 1.165) is 6.42 Å². The van der Waals surface area contributed by atoms with Gasteiger partial charge in [-0.15, -0.1) is 23.1 Å². The van der Waals surface area contributed by atoms with Crippen molar-refractivity contribution in [2.45, 2.75) is 28.5 Å². The Bertz CT molecular complexity index is 2950. The average molecular weight is 740 g/mol. The molecule has 2 heterocycles. The zero-order valence-corrected chi connectivity index (χ0v) is 31.8. The minimum atomic E-state index is 0.105. The van der Waals surface area contributed by atoms with Crippen LogP contribution in [0.4, 0.5) is 11.4 Å². The summed E-state index contributed by atoms with van der Waals surface area (Å²) in [5.74, 6) is 0.366. The van der Waals surface area contributed by atoms with Gasteiger partial charge in [0, 0.05) is 42.4 Å². The molecule has 0 amide bonds. The summed E-state index contributed by atoms with van der Waals surface area (Å²) in [6, 6.07) is 60.9. The first-order valence-electron chi connectivity index (χ1n) is 19.2. The smallest absolute Gasteiger partial charge is 0.0688 e. The SMILES string of the molecule is C1=C[C@@H](N(c2ccc(C3C=c4ccccc4=CC3)cc2)c2cccc(-c3ccc4c(c3)sc3ccccc34)c2)C2Sc3c(cccc3-c3ccccc3)C2=C1. The van der Waals surface area contributed by atoms with Crippen LogP contribution in [0.1, 0.15) is 23.5 Å². The maximum absolute atomic E-state index is 2.59. The van der Waals surface area contributed by atoms with Gasteiger partial charge in [-0.1, -0.05) is 158 Å². The average Bonchev–Trinajstić information content (AvgIpc) is 3.83. The van der Waals surface area contributed by atoms with E-state index in [-0.39, 0.29) is 11.3 Å². The number of fused-ring (bicyclic) bond motifs is 7. The van der Waals surface area contributed by atoms with Gasteiger partial charge >= 0.3 is 0 Å². The van der Waals surface area contributed by atoms with E-state index in [1.165, 1.54) is 85.8 Å². The Hall–Kier alpha value is -5.87. The van der Waals surface area contributed by atoms with Crippen molar-refractivity contribution in [3.05, 3.63) is 204 Å². The molecule has 0 radical (unpaired) electrons. The lowest BCUT2D eigenvalue weighted by molar-refractivity contribution is 0.812. The Morgan fingerprint density at radius 2 is 1.29 bits per heavy atom. The summed E-state index contributed by atoms with van der Waals surface area (Å²) in [6.45, 7) is 0. The first-order chi connectivity index (χ1) is 27.2. The van der Waals surface area contributed by atoms with Crippen LogP contribution in [0.15, 0.2) is 187 Å². The van der Waals surface area contributed by atoms with Gasteiger partial charge in [0.15, 0.2) is 0 Å². The van der Waals surface area contributed by atoms with Crippen LogP contribution in [0.2, 0.25) is 0 Å². The molecule has 3 aliphatic rings. The van der Waals surface area contributed by atoms with Crippen LogP contribution in [0.5, 0.6) is 0 Å². The van der Waals surface area contributed by atoms with Crippen LogP contribution in [0.3, 0.4) is 0 Å². The number of hydrogen-bond acceptors (Lipinski definition) is 3. The van der Waals surface area contributed by atoms with Crippen molar-refractivity contribution in [3.63, 3.8) is 0 Å². The normalized spacial score (nSPS) is 18.2. The van der Waals surface area contributed by atoms with Crippen molar-refractivity contribution >= 4 is 72.4 Å². The molecule has 0 bridgehead atoms. The van der Waals surface area contributed by atoms with Crippen LogP contribution >= 0.6 is 23.1 Å². The molecule has 0 spiro atoms. The van der Waals surface area contributed by atoms with Gasteiger partial charge in [0.25, 0.3) is 0 Å². The molecule has 0 fully saturated rings. The fourth-order valence-electron chi connectivity index (χ4n) is 8.85. The van der Waals surface area contributed by atoms with Gasteiger partial charge in [-0.25, -0.2) is 0 Å². The molecule has 8 aromatic rings. The summed E-state index contributed by atoms with van der Waals surface area (Å²) in [4.78, 5) is 3.97. The zero-order valence-electron chi connectivity index (χ0n) is 30.2. The molecule has 1 aliphatic heterocycles. The number of thioether (sulfide) groups is 1. The number of rotatable bonds is 6. The summed E-state index contributed by atoms with van der Waals surface area (Å²) in [5.41, 5.74) is 11.6. The van der Waals surface area contributed by atoms with E-state index in [9.17, 15) is 0 Å². The molecule has 11 rings (SSSR count). The first-order valence-corrected chi connectivity index (χ1v) is 20.9. The van der Waals surface area contributed by atoms with Gasteiger partial charge in [0.2, 0.25) is 0 Å². The molecule has 0 saturated heterocycles. The quantitative estimate of drug-likeness (QED) is 0.167. The Balaban J connectivity index is 1.01. The third-order valence-corrected chi connectivity index (χ3v) is 14.2. The highest BCUT2D eigenvalue weighted by Crippen LogP contribution is 2.53. The molecular weight excluding hydrogens is 703 g/mol. The molecule has 0 N–H and O–H groups in total. The number of allylic oxidation sites excluding steroid dienone is 2. The van der Waals surface area contributed by atoms with Crippen molar-refractivity contribution in [1.82, 2.24) is 0 Å². The molecule has 2 unspecified atom stereocenters. The van der Waals surface area contributed by atoms with E-state index in [0.29, 0.717) is 5.92 Å². The number of nitrogens with zero attached hydrogens (tertiary/aromatic N) is 1. The summed E-state index contributed by atoms with van der Waals surface area (Å²) in [6.07, 6.45) is 12.9. The van der Waals surface area contributed by atoms with E-state index in [1.54, 1.807) is 0 Å². The Morgan fingerprint density at radius 3 is 2.20 bits per heavy atom. The maximum atomic E-state index is 2.59. The lowest BCUT2D eigenvalue weighted by Gasteiger charge is -2.37. The number of hydrogen-bond donors (Lipinski definition) is 0. The van der Waals surface area contributed by atoms with Crippen molar-refractivity contribution in [2.75, 3.05) is 4.90 Å². The minimum absolute atomic E-state index is 0.105. The summed E-state index contributed by atoms with van der Waals surface area (Å²) >= 11 is 3.90. The molecule has 3 atom stereocenters. The minimum Gasteiger partial charge on any atom is -0.333 e.